The van der Waals surface area contributed by atoms with Gasteiger partial charge in [0.1, 0.15) is 17.9 Å². The molecule has 2 N–H and O–H groups in total. The van der Waals surface area contributed by atoms with Crippen LogP contribution < -0.4 is 5.32 Å². The molecule has 0 saturated carbocycles. The summed E-state index contributed by atoms with van der Waals surface area (Å²) in [5, 5.41) is 2.65. The monoisotopic (exact) mass is 382 g/mol. The van der Waals surface area contributed by atoms with Gasteiger partial charge in [0.2, 0.25) is 5.91 Å². The molecule has 7 nitrogen and oxygen atoms in total. The zero-order valence-corrected chi connectivity index (χ0v) is 16.6. The number of rotatable bonds is 5. The highest BCUT2D eigenvalue weighted by Gasteiger charge is 2.36. The molecule has 0 aliphatic carbocycles. The predicted molar refractivity (Wildman–Crippen MR) is 106 cm³/mol. The van der Waals surface area contributed by atoms with Crippen LogP contribution in [0.1, 0.15) is 32.6 Å². The Kier molecular flexibility index (Phi) is 5.82. The first-order chi connectivity index (χ1) is 13.4. The number of carbonyl (C=O) groups is 2. The highest BCUT2D eigenvalue weighted by Crippen LogP contribution is 2.31. The Hall–Kier alpha value is -3.09. The standard InChI is InChI=1S/C21H26N4O3/c1-13(2)18(24-21(27)28-4)20(26)25-12-14(3)10-17(25)19-22-11-16(23-19)15-8-6-5-7-9-15/h5-11,13,17-18H,12H2,1-4H3,(H,22,23)(H,24,27). The minimum atomic E-state index is -0.669. The summed E-state index contributed by atoms with van der Waals surface area (Å²) in [6, 6.07) is 8.94. The molecule has 2 unspecified atom stereocenters. The maximum Gasteiger partial charge on any atom is 0.407 e. The molecule has 1 aliphatic heterocycles. The molecule has 2 atom stereocenters. The van der Waals surface area contributed by atoms with Gasteiger partial charge in [-0.3, -0.25) is 4.79 Å². The number of carbonyl (C=O) groups excluding carboxylic acids is 2. The molecule has 1 aromatic heterocycles. The Morgan fingerprint density at radius 2 is 2.00 bits per heavy atom. The van der Waals surface area contributed by atoms with Gasteiger partial charge in [-0.15, -0.1) is 0 Å². The van der Waals surface area contributed by atoms with E-state index in [1.165, 1.54) is 7.11 Å². The van der Waals surface area contributed by atoms with Crippen molar-refractivity contribution < 1.29 is 14.3 Å². The van der Waals surface area contributed by atoms with E-state index in [9.17, 15) is 9.59 Å². The maximum atomic E-state index is 13.2. The molecule has 2 amide bonds. The Morgan fingerprint density at radius 3 is 2.64 bits per heavy atom. The summed E-state index contributed by atoms with van der Waals surface area (Å²) in [5.74, 6) is 0.463. The summed E-state index contributed by atoms with van der Waals surface area (Å²) >= 11 is 0. The van der Waals surface area contributed by atoms with Crippen LogP contribution in [0.4, 0.5) is 4.79 Å². The highest BCUT2D eigenvalue weighted by molar-refractivity contribution is 5.87. The van der Waals surface area contributed by atoms with Gasteiger partial charge in [-0.1, -0.05) is 55.8 Å². The van der Waals surface area contributed by atoms with Gasteiger partial charge in [0.05, 0.1) is 19.0 Å². The number of hydrogen-bond donors (Lipinski definition) is 2. The van der Waals surface area contributed by atoms with Gasteiger partial charge in [-0.05, 0) is 18.4 Å². The zero-order chi connectivity index (χ0) is 20.3. The van der Waals surface area contributed by atoms with Crippen LogP contribution in [0, 0.1) is 5.92 Å². The van der Waals surface area contributed by atoms with Gasteiger partial charge >= 0.3 is 6.09 Å². The molecule has 1 aromatic carbocycles. The highest BCUT2D eigenvalue weighted by atomic mass is 16.5. The maximum absolute atomic E-state index is 13.2. The molecule has 28 heavy (non-hydrogen) atoms. The van der Waals surface area contributed by atoms with Gasteiger partial charge in [-0.2, -0.15) is 0 Å². The normalized spacial score (nSPS) is 17.4. The van der Waals surface area contributed by atoms with Crippen molar-refractivity contribution in [2.24, 2.45) is 5.92 Å². The second-order valence-electron chi connectivity index (χ2n) is 7.33. The summed E-state index contributed by atoms with van der Waals surface area (Å²) in [6.07, 6.45) is 3.19. The average Bonchev–Trinajstić information content (AvgIpc) is 3.32. The number of imidazole rings is 1. The van der Waals surface area contributed by atoms with Crippen LogP contribution in [0.3, 0.4) is 0 Å². The van der Waals surface area contributed by atoms with Crippen LogP contribution in [-0.2, 0) is 9.53 Å². The third kappa shape index (κ3) is 4.08. The molecule has 0 bridgehead atoms. The van der Waals surface area contributed by atoms with E-state index in [0.29, 0.717) is 12.4 Å². The van der Waals surface area contributed by atoms with E-state index >= 15 is 0 Å². The minimum Gasteiger partial charge on any atom is -0.453 e. The average molecular weight is 382 g/mol. The molecule has 148 valence electrons. The van der Waals surface area contributed by atoms with Crippen molar-refractivity contribution in [3.63, 3.8) is 0 Å². The van der Waals surface area contributed by atoms with Gasteiger partial charge in [0.25, 0.3) is 0 Å². The molecule has 2 aromatic rings. The van der Waals surface area contributed by atoms with E-state index in [-0.39, 0.29) is 17.9 Å². The van der Waals surface area contributed by atoms with Gasteiger partial charge in [0.15, 0.2) is 0 Å². The van der Waals surface area contributed by atoms with Crippen molar-refractivity contribution in [2.45, 2.75) is 32.9 Å². The summed E-state index contributed by atoms with van der Waals surface area (Å²) in [5.41, 5.74) is 3.01. The number of nitrogens with one attached hydrogen (secondary N) is 2. The summed E-state index contributed by atoms with van der Waals surface area (Å²) in [7, 11) is 1.29. The first-order valence-electron chi connectivity index (χ1n) is 9.33. The number of hydrogen-bond acceptors (Lipinski definition) is 4. The molecule has 1 aliphatic rings. The van der Waals surface area contributed by atoms with E-state index in [4.69, 9.17) is 0 Å². The molecule has 0 fully saturated rings. The lowest BCUT2D eigenvalue weighted by Gasteiger charge is -2.30. The molecule has 0 radical (unpaired) electrons. The Balaban J connectivity index is 1.85. The topological polar surface area (TPSA) is 87.3 Å². The second kappa shape index (κ2) is 8.29. The van der Waals surface area contributed by atoms with Crippen molar-refractivity contribution >= 4 is 12.0 Å². The van der Waals surface area contributed by atoms with Crippen molar-refractivity contribution in [3.8, 4) is 11.3 Å². The number of ether oxygens (including phenoxy) is 1. The van der Waals surface area contributed by atoms with Crippen LogP contribution in [-0.4, -0.2) is 46.6 Å². The van der Waals surface area contributed by atoms with Crippen LogP contribution in [0.25, 0.3) is 11.3 Å². The zero-order valence-electron chi connectivity index (χ0n) is 16.6. The first-order valence-corrected chi connectivity index (χ1v) is 9.33. The third-order valence-electron chi connectivity index (χ3n) is 4.83. The fraction of sp³-hybridized carbons (Fsp3) is 0.381. The minimum absolute atomic E-state index is 0.0790. The molecule has 0 saturated heterocycles. The molecule has 0 spiro atoms. The van der Waals surface area contributed by atoms with Crippen molar-refractivity contribution in [1.29, 1.82) is 0 Å². The number of aromatic amines is 1. The van der Waals surface area contributed by atoms with E-state index < -0.39 is 12.1 Å². The molecule has 3 rings (SSSR count). The van der Waals surface area contributed by atoms with Crippen LogP contribution in [0.2, 0.25) is 0 Å². The van der Waals surface area contributed by atoms with E-state index in [0.717, 1.165) is 16.8 Å². The lowest BCUT2D eigenvalue weighted by molar-refractivity contribution is -0.135. The number of nitrogens with zero attached hydrogens (tertiary/aromatic N) is 2. The lowest BCUT2D eigenvalue weighted by atomic mass is 10.0. The van der Waals surface area contributed by atoms with E-state index in [1.807, 2.05) is 57.2 Å². The summed E-state index contributed by atoms with van der Waals surface area (Å²) in [4.78, 5) is 34.5. The van der Waals surface area contributed by atoms with Crippen LogP contribution in [0.15, 0.2) is 48.2 Å². The van der Waals surface area contributed by atoms with Gasteiger partial charge in [-0.25, -0.2) is 9.78 Å². The van der Waals surface area contributed by atoms with Gasteiger partial charge in [0, 0.05) is 6.54 Å². The molecule has 7 heteroatoms. The number of aromatic nitrogens is 2. The van der Waals surface area contributed by atoms with Crippen molar-refractivity contribution in [3.05, 3.63) is 54.0 Å². The molecular weight excluding hydrogens is 356 g/mol. The number of methoxy groups -OCH3 is 1. The van der Waals surface area contributed by atoms with Crippen molar-refractivity contribution in [2.75, 3.05) is 13.7 Å². The summed E-state index contributed by atoms with van der Waals surface area (Å²) in [6.45, 7) is 6.27. The lowest BCUT2D eigenvalue weighted by Crippen LogP contribution is -2.51. The quantitative estimate of drug-likeness (QED) is 0.777. The molecule has 2 heterocycles. The number of alkyl carbamates (subject to hydrolysis) is 1. The predicted octanol–water partition coefficient (Wildman–Crippen LogP) is 3.29. The smallest absolute Gasteiger partial charge is 0.407 e. The largest absolute Gasteiger partial charge is 0.453 e. The fourth-order valence-corrected chi connectivity index (χ4v) is 3.35. The van der Waals surface area contributed by atoms with Crippen LogP contribution >= 0.6 is 0 Å². The SMILES string of the molecule is COC(=O)NC(C(=O)N1CC(C)=CC1c1ncc(-c2ccccc2)[nH]1)C(C)C. The van der Waals surface area contributed by atoms with E-state index in [1.54, 1.807) is 11.1 Å². The van der Waals surface area contributed by atoms with Crippen LogP contribution in [0.5, 0.6) is 0 Å². The second-order valence-corrected chi connectivity index (χ2v) is 7.33. The summed E-state index contributed by atoms with van der Waals surface area (Å²) < 4.78 is 4.68. The first kappa shape index (κ1) is 19.7. The Morgan fingerprint density at radius 1 is 1.29 bits per heavy atom. The van der Waals surface area contributed by atoms with Crippen molar-refractivity contribution in [1.82, 2.24) is 20.2 Å². The number of benzene rings is 1. The van der Waals surface area contributed by atoms with Gasteiger partial charge < -0.3 is 19.9 Å². The third-order valence-corrected chi connectivity index (χ3v) is 4.83. The Bertz CT molecular complexity index is 873. The number of H-pyrrole nitrogens is 1. The number of amides is 2. The van der Waals surface area contributed by atoms with E-state index in [2.05, 4.69) is 20.0 Å². The Labute approximate surface area is 164 Å². The fourth-order valence-electron chi connectivity index (χ4n) is 3.35. The molecular formula is C21H26N4O3.